The molecule has 1 aliphatic heterocycles. The van der Waals surface area contributed by atoms with Crippen LogP contribution < -0.4 is 0 Å². The number of benzene rings is 1. The van der Waals surface area contributed by atoms with E-state index < -0.39 is 6.23 Å². The van der Waals surface area contributed by atoms with Crippen molar-refractivity contribution in [3.8, 4) is 0 Å². The van der Waals surface area contributed by atoms with Crippen LogP contribution in [0.5, 0.6) is 0 Å². The smallest absolute Gasteiger partial charge is 0.212 e. The largest absolute Gasteiger partial charge is 0.367 e. The molecule has 0 radical (unpaired) electrons. The molecule has 2 unspecified atom stereocenters. The van der Waals surface area contributed by atoms with Gasteiger partial charge >= 0.3 is 0 Å². The lowest BCUT2D eigenvalue weighted by molar-refractivity contribution is 0.0292. The van der Waals surface area contributed by atoms with Crippen molar-refractivity contribution in [2.24, 2.45) is 0 Å². The van der Waals surface area contributed by atoms with Crippen molar-refractivity contribution in [1.29, 1.82) is 5.41 Å². The monoisotopic (exact) mass is 256 g/mol. The van der Waals surface area contributed by atoms with E-state index >= 15 is 0 Å². The van der Waals surface area contributed by atoms with E-state index in [2.05, 4.69) is 0 Å². The fourth-order valence-corrected chi connectivity index (χ4v) is 2.00. The third-order valence-electron chi connectivity index (χ3n) is 3.00. The molecule has 0 amide bonds. The molecule has 0 aromatic heterocycles. The minimum atomic E-state index is -1.28. The summed E-state index contributed by atoms with van der Waals surface area (Å²) in [7, 11) is 0. The van der Waals surface area contributed by atoms with Crippen LogP contribution in [0.3, 0.4) is 0 Å². The number of allylic oxidation sites excluding steroid dienone is 2. The summed E-state index contributed by atoms with van der Waals surface area (Å²) < 4.78 is 0. The second kappa shape index (κ2) is 5.63. The predicted octanol–water partition coefficient (Wildman–Crippen LogP) is 1.98. The minimum absolute atomic E-state index is 0.369. The Labute approximate surface area is 112 Å². The van der Waals surface area contributed by atoms with Crippen molar-refractivity contribution in [3.63, 3.8) is 0 Å². The van der Waals surface area contributed by atoms with Crippen LogP contribution in [0.15, 0.2) is 54.8 Å². The van der Waals surface area contributed by atoms with Crippen LogP contribution in [0.1, 0.15) is 17.3 Å². The highest BCUT2D eigenvalue weighted by Gasteiger charge is 2.28. The first-order valence-electron chi connectivity index (χ1n) is 6.06. The molecule has 2 rings (SSSR count). The average molecular weight is 256 g/mol. The van der Waals surface area contributed by atoms with Gasteiger partial charge < -0.3 is 15.4 Å². The van der Waals surface area contributed by atoms with Gasteiger partial charge in [-0.3, -0.25) is 4.79 Å². The van der Waals surface area contributed by atoms with E-state index in [4.69, 9.17) is 5.41 Å². The van der Waals surface area contributed by atoms with E-state index in [1.165, 1.54) is 4.90 Å². The topological polar surface area (TPSA) is 64.4 Å². The van der Waals surface area contributed by atoms with Crippen LogP contribution in [0.4, 0.5) is 0 Å². The Hall–Kier alpha value is -2.20. The number of nitrogens with zero attached hydrogens (tertiary/aromatic N) is 1. The number of ketones is 1. The van der Waals surface area contributed by atoms with Gasteiger partial charge in [-0.25, -0.2) is 0 Å². The molecule has 0 bridgehead atoms. The van der Waals surface area contributed by atoms with Gasteiger partial charge in [0, 0.05) is 17.5 Å². The zero-order chi connectivity index (χ0) is 13.8. The molecular weight excluding hydrogens is 240 g/mol. The van der Waals surface area contributed by atoms with Crippen LogP contribution in [-0.4, -0.2) is 33.8 Å². The van der Waals surface area contributed by atoms with Gasteiger partial charge in [0.05, 0.1) is 6.04 Å². The second-order valence-electron chi connectivity index (χ2n) is 4.41. The van der Waals surface area contributed by atoms with Gasteiger partial charge in [-0.2, -0.15) is 0 Å². The van der Waals surface area contributed by atoms with Gasteiger partial charge in [0.1, 0.15) is 0 Å². The highest BCUT2D eigenvalue weighted by molar-refractivity contribution is 5.99. The molecule has 2 atom stereocenters. The molecule has 19 heavy (non-hydrogen) atoms. The number of Topliss-reactive ketones (excluding diaryl/α,β-unsaturated/α-hetero) is 1. The molecule has 98 valence electrons. The maximum atomic E-state index is 12.2. The molecule has 0 saturated heterocycles. The van der Waals surface area contributed by atoms with Crippen LogP contribution >= 0.6 is 0 Å². The lowest BCUT2D eigenvalue weighted by Gasteiger charge is -2.33. The Balaban J connectivity index is 2.21. The first-order chi connectivity index (χ1) is 9.11. The summed E-state index contributed by atoms with van der Waals surface area (Å²) in [4.78, 5) is 13.7. The molecular formula is C15H16N2O2. The second-order valence-corrected chi connectivity index (χ2v) is 4.41. The van der Waals surface area contributed by atoms with Gasteiger partial charge in [-0.05, 0) is 13.0 Å². The maximum absolute atomic E-state index is 12.2. The Kier molecular flexibility index (Phi) is 3.92. The number of rotatable bonds is 4. The SMILES string of the molecule is CC(=N)C1C=CC=CN1C(O)C(=O)c1ccccc1. The summed E-state index contributed by atoms with van der Waals surface area (Å²) in [6.07, 6.45) is 5.67. The van der Waals surface area contributed by atoms with Gasteiger partial charge in [0.25, 0.3) is 0 Å². The van der Waals surface area contributed by atoms with E-state index in [0.717, 1.165) is 0 Å². The highest BCUT2D eigenvalue weighted by atomic mass is 16.3. The van der Waals surface area contributed by atoms with Crippen LogP contribution in [0.25, 0.3) is 0 Å². The fourth-order valence-electron chi connectivity index (χ4n) is 2.00. The van der Waals surface area contributed by atoms with Crippen molar-refractivity contribution >= 4 is 11.5 Å². The summed E-state index contributed by atoms with van der Waals surface area (Å²) >= 11 is 0. The van der Waals surface area contributed by atoms with E-state index in [-0.39, 0.29) is 11.8 Å². The summed E-state index contributed by atoms with van der Waals surface area (Å²) in [6, 6.07) is 8.28. The van der Waals surface area contributed by atoms with Crippen LogP contribution in [-0.2, 0) is 0 Å². The molecule has 0 saturated carbocycles. The molecule has 1 heterocycles. The van der Waals surface area contributed by atoms with Crippen molar-refractivity contribution < 1.29 is 9.90 Å². The quantitative estimate of drug-likeness (QED) is 0.639. The standard InChI is InChI=1S/C15H16N2O2/c1-11(16)13-9-5-6-10-17(13)15(19)14(18)12-7-3-2-4-8-12/h2-10,13,15-16,19H,1H3. The van der Waals surface area contributed by atoms with E-state index in [0.29, 0.717) is 11.3 Å². The van der Waals surface area contributed by atoms with Crippen LogP contribution in [0, 0.1) is 5.41 Å². The van der Waals surface area contributed by atoms with Crippen molar-refractivity contribution in [2.45, 2.75) is 19.2 Å². The van der Waals surface area contributed by atoms with Gasteiger partial charge in [-0.1, -0.05) is 42.5 Å². The molecule has 0 fully saturated rings. The van der Waals surface area contributed by atoms with E-state index in [1.54, 1.807) is 55.6 Å². The Morgan fingerprint density at radius 3 is 2.63 bits per heavy atom. The fraction of sp³-hybridized carbons (Fsp3) is 0.200. The van der Waals surface area contributed by atoms with Crippen molar-refractivity contribution in [2.75, 3.05) is 0 Å². The molecule has 1 aromatic rings. The van der Waals surface area contributed by atoms with Gasteiger partial charge in [0.2, 0.25) is 5.78 Å². The first kappa shape index (κ1) is 13.2. The third-order valence-corrected chi connectivity index (χ3v) is 3.00. The minimum Gasteiger partial charge on any atom is -0.367 e. The van der Waals surface area contributed by atoms with Crippen molar-refractivity contribution in [3.05, 3.63) is 60.3 Å². The number of hydrogen-bond donors (Lipinski definition) is 2. The summed E-state index contributed by atoms with van der Waals surface area (Å²) in [5.74, 6) is -0.369. The number of aliphatic hydroxyl groups excluding tert-OH is 1. The molecule has 0 spiro atoms. The average Bonchev–Trinajstić information content (AvgIpc) is 2.46. The van der Waals surface area contributed by atoms with Crippen LogP contribution in [0.2, 0.25) is 0 Å². The Morgan fingerprint density at radius 2 is 2.00 bits per heavy atom. The molecule has 2 N–H and O–H groups in total. The Morgan fingerprint density at radius 1 is 1.32 bits per heavy atom. The molecule has 1 aliphatic rings. The number of carbonyl (C=O) groups excluding carboxylic acids is 1. The summed E-state index contributed by atoms with van der Waals surface area (Å²) in [5, 5.41) is 17.9. The lowest BCUT2D eigenvalue weighted by Crippen LogP contribution is -2.46. The number of carbonyl (C=O) groups is 1. The molecule has 1 aromatic carbocycles. The highest BCUT2D eigenvalue weighted by Crippen LogP contribution is 2.16. The molecule has 4 nitrogen and oxygen atoms in total. The van der Waals surface area contributed by atoms with E-state index in [9.17, 15) is 9.90 Å². The zero-order valence-electron chi connectivity index (χ0n) is 10.7. The first-order valence-corrected chi connectivity index (χ1v) is 6.06. The zero-order valence-corrected chi connectivity index (χ0v) is 10.7. The van der Waals surface area contributed by atoms with Gasteiger partial charge in [-0.15, -0.1) is 0 Å². The molecule has 4 heteroatoms. The lowest BCUT2D eigenvalue weighted by atomic mass is 10.0. The number of hydrogen-bond acceptors (Lipinski definition) is 4. The third kappa shape index (κ3) is 2.80. The van der Waals surface area contributed by atoms with Gasteiger partial charge in [0.15, 0.2) is 6.23 Å². The van der Waals surface area contributed by atoms with Crippen molar-refractivity contribution in [1.82, 2.24) is 4.90 Å². The molecule has 0 aliphatic carbocycles. The number of aliphatic hydroxyl groups is 1. The predicted molar refractivity (Wildman–Crippen MR) is 74.1 cm³/mol. The number of nitrogens with one attached hydrogen (secondary N) is 1. The normalized spacial score (nSPS) is 19.3. The summed E-state index contributed by atoms with van der Waals surface area (Å²) in [5.41, 5.74) is 0.833. The van der Waals surface area contributed by atoms with E-state index in [1.807, 2.05) is 6.07 Å². The maximum Gasteiger partial charge on any atom is 0.212 e. The Bertz CT molecular complexity index is 534. The summed E-state index contributed by atoms with van der Waals surface area (Å²) in [6.45, 7) is 1.65.